The Morgan fingerprint density at radius 3 is 2.61 bits per heavy atom. The first kappa shape index (κ1) is 13.3. The maximum atomic E-state index is 5.93. The highest BCUT2D eigenvalue weighted by molar-refractivity contribution is 7.10. The second-order valence-electron chi connectivity index (χ2n) is 4.65. The van der Waals surface area contributed by atoms with Crippen LogP contribution in [0.15, 0.2) is 28.0 Å². The van der Waals surface area contributed by atoms with E-state index < -0.39 is 0 Å². The summed E-state index contributed by atoms with van der Waals surface area (Å²) in [6, 6.07) is 6.43. The van der Waals surface area contributed by atoms with Gasteiger partial charge in [0.25, 0.3) is 0 Å². The highest BCUT2D eigenvalue weighted by Gasteiger charge is 2.19. The second kappa shape index (κ2) is 5.69. The number of furan rings is 1. The lowest BCUT2D eigenvalue weighted by molar-refractivity contribution is 0.224. The number of thiophene rings is 1. The van der Waals surface area contributed by atoms with E-state index in [1.165, 1.54) is 10.4 Å². The molecule has 98 valence electrons. The molecule has 0 bridgehead atoms. The van der Waals surface area contributed by atoms with Gasteiger partial charge < -0.3 is 10.2 Å². The molecule has 4 heteroatoms. The Balaban J connectivity index is 2.11. The van der Waals surface area contributed by atoms with Crippen LogP contribution in [0, 0.1) is 13.8 Å². The van der Waals surface area contributed by atoms with Crippen molar-refractivity contribution in [3.8, 4) is 0 Å². The van der Waals surface area contributed by atoms with Gasteiger partial charge in [-0.3, -0.25) is 4.90 Å². The molecule has 2 N–H and O–H groups in total. The van der Waals surface area contributed by atoms with Gasteiger partial charge in [-0.25, -0.2) is 0 Å². The highest BCUT2D eigenvalue weighted by atomic mass is 32.1. The standard InChI is InChI=1S/C14H20N2OS/c1-10-6-7-18-14(10)13(8-15)16(3)9-12-5-4-11(2)17-12/h4-7,13H,8-9,15H2,1-3H3. The predicted octanol–water partition coefficient (Wildman–Crippen LogP) is 3.09. The Morgan fingerprint density at radius 1 is 1.33 bits per heavy atom. The van der Waals surface area contributed by atoms with Crippen molar-refractivity contribution >= 4 is 11.3 Å². The molecular weight excluding hydrogens is 244 g/mol. The summed E-state index contributed by atoms with van der Waals surface area (Å²) in [5, 5.41) is 2.12. The summed E-state index contributed by atoms with van der Waals surface area (Å²) < 4.78 is 5.62. The lowest BCUT2D eigenvalue weighted by atomic mass is 10.1. The average molecular weight is 264 g/mol. The van der Waals surface area contributed by atoms with Crippen LogP contribution in [0.25, 0.3) is 0 Å². The van der Waals surface area contributed by atoms with Gasteiger partial charge >= 0.3 is 0 Å². The number of rotatable bonds is 5. The lowest BCUT2D eigenvalue weighted by Crippen LogP contribution is -2.29. The van der Waals surface area contributed by atoms with Gasteiger partial charge in [-0.1, -0.05) is 0 Å². The largest absolute Gasteiger partial charge is 0.465 e. The van der Waals surface area contributed by atoms with E-state index in [2.05, 4.69) is 30.3 Å². The summed E-state index contributed by atoms with van der Waals surface area (Å²) in [6.45, 7) is 5.51. The molecule has 1 atom stereocenters. The molecule has 18 heavy (non-hydrogen) atoms. The molecule has 0 fully saturated rings. The van der Waals surface area contributed by atoms with Gasteiger partial charge in [0.2, 0.25) is 0 Å². The molecule has 0 aliphatic rings. The van der Waals surface area contributed by atoms with Crippen molar-refractivity contribution in [1.82, 2.24) is 4.90 Å². The molecule has 0 spiro atoms. The molecule has 0 amide bonds. The molecule has 0 aliphatic heterocycles. The first-order chi connectivity index (χ1) is 8.61. The van der Waals surface area contributed by atoms with Crippen LogP contribution in [-0.4, -0.2) is 18.5 Å². The van der Waals surface area contributed by atoms with E-state index in [-0.39, 0.29) is 6.04 Å². The van der Waals surface area contributed by atoms with Crippen LogP contribution < -0.4 is 5.73 Å². The van der Waals surface area contributed by atoms with Crippen molar-refractivity contribution in [1.29, 1.82) is 0 Å². The minimum atomic E-state index is 0.260. The van der Waals surface area contributed by atoms with E-state index in [1.54, 1.807) is 11.3 Å². The van der Waals surface area contributed by atoms with Crippen molar-refractivity contribution in [3.63, 3.8) is 0 Å². The van der Waals surface area contributed by atoms with E-state index in [9.17, 15) is 0 Å². The van der Waals surface area contributed by atoms with Gasteiger partial charge in [0, 0.05) is 11.4 Å². The molecule has 2 heterocycles. The number of nitrogens with zero attached hydrogens (tertiary/aromatic N) is 1. The zero-order valence-corrected chi connectivity index (χ0v) is 12.0. The van der Waals surface area contributed by atoms with Crippen molar-refractivity contribution in [2.75, 3.05) is 13.6 Å². The molecule has 2 aromatic rings. The summed E-state index contributed by atoms with van der Waals surface area (Å²) in [5.41, 5.74) is 7.24. The van der Waals surface area contributed by atoms with Gasteiger partial charge in [-0.2, -0.15) is 0 Å². The third-order valence-electron chi connectivity index (χ3n) is 3.16. The number of aryl methyl sites for hydroxylation is 2. The molecule has 2 rings (SSSR count). The van der Waals surface area contributed by atoms with Gasteiger partial charge in [0.15, 0.2) is 0 Å². The maximum absolute atomic E-state index is 5.93. The Hall–Kier alpha value is -1.10. The average Bonchev–Trinajstić information content (AvgIpc) is 2.90. The summed E-state index contributed by atoms with van der Waals surface area (Å²) in [4.78, 5) is 3.60. The van der Waals surface area contributed by atoms with Crippen molar-refractivity contribution in [3.05, 3.63) is 45.5 Å². The molecule has 0 saturated carbocycles. The van der Waals surface area contributed by atoms with Crippen LogP contribution >= 0.6 is 11.3 Å². The van der Waals surface area contributed by atoms with Gasteiger partial charge in [-0.05, 0) is 50.0 Å². The fraction of sp³-hybridized carbons (Fsp3) is 0.429. The fourth-order valence-electron chi connectivity index (χ4n) is 2.14. The predicted molar refractivity (Wildman–Crippen MR) is 75.8 cm³/mol. The summed E-state index contributed by atoms with van der Waals surface area (Å²) in [5.74, 6) is 1.94. The molecule has 0 aromatic carbocycles. The van der Waals surface area contributed by atoms with E-state index in [0.29, 0.717) is 6.54 Å². The van der Waals surface area contributed by atoms with Crippen molar-refractivity contribution < 1.29 is 4.42 Å². The van der Waals surface area contributed by atoms with Crippen LogP contribution in [0.5, 0.6) is 0 Å². The molecule has 0 saturated heterocycles. The van der Waals surface area contributed by atoms with Crippen LogP contribution in [0.1, 0.15) is 28.0 Å². The van der Waals surface area contributed by atoms with Gasteiger partial charge in [-0.15, -0.1) is 11.3 Å². The minimum Gasteiger partial charge on any atom is -0.465 e. The minimum absolute atomic E-state index is 0.260. The van der Waals surface area contributed by atoms with Crippen LogP contribution in [0.2, 0.25) is 0 Å². The monoisotopic (exact) mass is 264 g/mol. The molecule has 0 aliphatic carbocycles. The SMILES string of the molecule is Cc1ccc(CN(C)C(CN)c2sccc2C)o1. The first-order valence-electron chi connectivity index (χ1n) is 6.11. The lowest BCUT2D eigenvalue weighted by Gasteiger charge is -2.26. The molecule has 2 aromatic heterocycles. The van der Waals surface area contributed by atoms with Crippen LogP contribution in [-0.2, 0) is 6.54 Å². The molecule has 0 radical (unpaired) electrons. The maximum Gasteiger partial charge on any atom is 0.118 e. The summed E-state index contributed by atoms with van der Waals surface area (Å²) >= 11 is 1.77. The Kier molecular flexibility index (Phi) is 4.22. The van der Waals surface area contributed by atoms with Crippen LogP contribution in [0.3, 0.4) is 0 Å². The molecule has 1 unspecified atom stereocenters. The normalized spacial score (nSPS) is 13.2. The number of nitrogens with two attached hydrogens (primary N) is 1. The van der Waals surface area contributed by atoms with Crippen molar-refractivity contribution in [2.45, 2.75) is 26.4 Å². The topological polar surface area (TPSA) is 42.4 Å². The third-order valence-corrected chi connectivity index (χ3v) is 4.28. The van der Waals surface area contributed by atoms with E-state index in [1.807, 2.05) is 19.1 Å². The number of hydrogen-bond acceptors (Lipinski definition) is 4. The molecule has 3 nitrogen and oxygen atoms in total. The van der Waals surface area contributed by atoms with E-state index in [0.717, 1.165) is 18.1 Å². The smallest absolute Gasteiger partial charge is 0.118 e. The quantitative estimate of drug-likeness (QED) is 0.902. The van der Waals surface area contributed by atoms with Gasteiger partial charge in [0.05, 0.1) is 12.6 Å². The van der Waals surface area contributed by atoms with Crippen molar-refractivity contribution in [2.24, 2.45) is 5.73 Å². The Labute approximate surface area is 112 Å². The van der Waals surface area contributed by atoms with Gasteiger partial charge in [0.1, 0.15) is 11.5 Å². The fourth-order valence-corrected chi connectivity index (χ4v) is 3.25. The number of likely N-dealkylation sites (N-methyl/N-ethyl adjacent to an activating group) is 1. The van der Waals surface area contributed by atoms with E-state index >= 15 is 0 Å². The first-order valence-corrected chi connectivity index (χ1v) is 6.99. The second-order valence-corrected chi connectivity index (χ2v) is 5.59. The van der Waals surface area contributed by atoms with E-state index in [4.69, 9.17) is 10.2 Å². The summed E-state index contributed by atoms with van der Waals surface area (Å²) in [7, 11) is 2.09. The summed E-state index contributed by atoms with van der Waals surface area (Å²) in [6.07, 6.45) is 0. The molecular formula is C14H20N2OS. The highest BCUT2D eigenvalue weighted by Crippen LogP contribution is 2.28. The van der Waals surface area contributed by atoms with Crippen LogP contribution in [0.4, 0.5) is 0 Å². The zero-order valence-electron chi connectivity index (χ0n) is 11.1. The number of hydrogen-bond donors (Lipinski definition) is 1. The Bertz CT molecular complexity index is 503. The Morgan fingerprint density at radius 2 is 2.11 bits per heavy atom. The zero-order chi connectivity index (χ0) is 13.1. The third kappa shape index (κ3) is 2.83.